The second kappa shape index (κ2) is 11.1. The highest BCUT2D eigenvalue weighted by Gasteiger charge is 2.36. The van der Waals surface area contributed by atoms with E-state index in [4.69, 9.17) is 26.5 Å². The largest absolute Gasteiger partial charge is 0.490 e. The maximum atomic E-state index is 12.8. The minimum Gasteiger partial charge on any atom is -0.490 e. The zero-order valence-electron chi connectivity index (χ0n) is 21.8. The minimum atomic E-state index is -0.494. The van der Waals surface area contributed by atoms with Crippen LogP contribution in [-0.4, -0.2) is 40.2 Å². The van der Waals surface area contributed by atoms with Gasteiger partial charge in [-0.3, -0.25) is 10.2 Å². The summed E-state index contributed by atoms with van der Waals surface area (Å²) in [6, 6.07) is 22.7. The molecule has 0 saturated carbocycles. The number of nitrogens with zero attached hydrogens (tertiary/aromatic N) is 3. The molecule has 3 aromatic carbocycles. The molecule has 0 spiro atoms. The van der Waals surface area contributed by atoms with Gasteiger partial charge in [-0.2, -0.15) is 15.1 Å². The summed E-state index contributed by atoms with van der Waals surface area (Å²) in [5, 5.41) is 16.0. The molecule has 0 unspecified atom stereocenters. The van der Waals surface area contributed by atoms with Gasteiger partial charge in [0.05, 0.1) is 10.6 Å². The summed E-state index contributed by atoms with van der Waals surface area (Å²) in [5.41, 5.74) is 2.92. The Kier molecular flexibility index (Phi) is 7.59. The van der Waals surface area contributed by atoms with E-state index in [9.17, 15) is 4.79 Å². The SMILES string of the molecule is CC(C)(C)c1ccc(OCCOc2cccc(C=C3C(=N)N4N=C(c5ccccc5Cl)SC4=NC3=O)c2)cc1. The number of nitrogens with one attached hydrogen (secondary N) is 1. The second-order valence-electron chi connectivity index (χ2n) is 9.95. The lowest BCUT2D eigenvalue weighted by molar-refractivity contribution is -0.114. The number of carbonyl (C=O) groups excluding carboxylic acids is 1. The van der Waals surface area contributed by atoms with Crippen LogP contribution in [0.2, 0.25) is 5.02 Å². The molecule has 1 N–H and O–H groups in total. The molecule has 1 amide bonds. The van der Waals surface area contributed by atoms with Gasteiger partial charge in [0, 0.05) is 5.56 Å². The molecule has 2 aliphatic heterocycles. The predicted molar refractivity (Wildman–Crippen MR) is 158 cm³/mol. The third-order valence-corrected chi connectivity index (χ3v) is 7.34. The van der Waals surface area contributed by atoms with Crippen molar-refractivity contribution in [2.45, 2.75) is 26.2 Å². The maximum absolute atomic E-state index is 12.8. The van der Waals surface area contributed by atoms with Gasteiger partial charge >= 0.3 is 0 Å². The van der Waals surface area contributed by atoms with Crippen molar-refractivity contribution in [3.63, 3.8) is 0 Å². The lowest BCUT2D eigenvalue weighted by Gasteiger charge is -2.20. The third kappa shape index (κ3) is 6.08. The van der Waals surface area contributed by atoms with Crippen LogP contribution < -0.4 is 9.47 Å². The van der Waals surface area contributed by atoms with Crippen LogP contribution in [0.15, 0.2) is 88.5 Å². The number of hydrogen-bond donors (Lipinski definition) is 1. The van der Waals surface area contributed by atoms with Crippen LogP contribution in [0.5, 0.6) is 11.5 Å². The number of fused-ring (bicyclic) bond motifs is 1. The van der Waals surface area contributed by atoms with E-state index < -0.39 is 5.91 Å². The van der Waals surface area contributed by atoms with Crippen LogP contribution in [-0.2, 0) is 10.2 Å². The van der Waals surface area contributed by atoms with E-state index in [0.717, 1.165) is 11.3 Å². The summed E-state index contributed by atoms with van der Waals surface area (Å²) in [5.74, 6) is 0.883. The predicted octanol–water partition coefficient (Wildman–Crippen LogP) is 6.76. The molecule has 0 radical (unpaired) electrons. The minimum absolute atomic E-state index is 0.0447. The number of rotatable bonds is 7. The molecule has 0 aromatic heterocycles. The Morgan fingerprint density at radius 3 is 2.41 bits per heavy atom. The van der Waals surface area contributed by atoms with Crippen LogP contribution in [0.1, 0.15) is 37.5 Å². The van der Waals surface area contributed by atoms with E-state index in [1.54, 1.807) is 12.1 Å². The van der Waals surface area contributed by atoms with Gasteiger partial charge in [-0.25, -0.2) is 0 Å². The molecule has 5 rings (SSSR count). The molecule has 0 saturated heterocycles. The standard InChI is InChI=1S/C30H27ClN4O3S/c1-30(2,3)20-11-13-21(14-12-20)37-15-16-38-22-8-6-7-19(17-22)18-24-26(32)35-29(33-27(24)36)39-28(34-35)23-9-4-5-10-25(23)31/h4-14,17-18,32H,15-16H2,1-3H3. The Bertz CT molecular complexity index is 1520. The van der Waals surface area contributed by atoms with Gasteiger partial charge in [0.15, 0.2) is 5.84 Å². The van der Waals surface area contributed by atoms with Crippen LogP contribution in [0.25, 0.3) is 6.08 Å². The van der Waals surface area contributed by atoms with Gasteiger partial charge in [-0.05, 0) is 64.7 Å². The molecule has 3 aromatic rings. The molecule has 2 aliphatic rings. The summed E-state index contributed by atoms with van der Waals surface area (Å²) in [6.45, 7) is 7.27. The number of amidine groups is 2. The molecule has 7 nitrogen and oxygen atoms in total. The zero-order valence-corrected chi connectivity index (χ0v) is 23.3. The highest BCUT2D eigenvalue weighted by atomic mass is 35.5. The average molecular weight is 559 g/mol. The summed E-state index contributed by atoms with van der Waals surface area (Å²) >= 11 is 7.52. The Labute approximate surface area is 236 Å². The number of hydrogen-bond acceptors (Lipinski definition) is 6. The topological polar surface area (TPSA) is 87.3 Å². The monoisotopic (exact) mass is 558 g/mol. The van der Waals surface area contributed by atoms with E-state index in [1.165, 1.54) is 22.3 Å². The van der Waals surface area contributed by atoms with Gasteiger partial charge in [0.1, 0.15) is 29.8 Å². The number of amides is 1. The summed E-state index contributed by atoms with van der Waals surface area (Å²) in [7, 11) is 0. The molecule has 0 aliphatic carbocycles. The summed E-state index contributed by atoms with van der Waals surface area (Å²) in [6.07, 6.45) is 1.62. The number of benzene rings is 3. The Morgan fingerprint density at radius 2 is 1.69 bits per heavy atom. The first-order valence-electron chi connectivity index (χ1n) is 12.4. The van der Waals surface area contributed by atoms with E-state index in [0.29, 0.717) is 39.8 Å². The maximum Gasteiger partial charge on any atom is 0.283 e. The average Bonchev–Trinajstić information content (AvgIpc) is 3.33. The quantitative estimate of drug-likeness (QED) is 0.255. The Morgan fingerprint density at radius 1 is 0.974 bits per heavy atom. The third-order valence-electron chi connectivity index (χ3n) is 6.07. The number of hydrazone groups is 1. The van der Waals surface area contributed by atoms with Crippen molar-refractivity contribution in [3.05, 3.63) is 100 Å². The number of carbonyl (C=O) groups is 1. The number of thioether (sulfide) groups is 1. The smallest absolute Gasteiger partial charge is 0.283 e. The first kappa shape index (κ1) is 26.7. The molecule has 198 valence electrons. The van der Waals surface area contributed by atoms with Crippen LogP contribution >= 0.6 is 23.4 Å². The van der Waals surface area contributed by atoms with E-state index in [2.05, 4.69) is 43.0 Å². The van der Waals surface area contributed by atoms with Crippen LogP contribution in [0.4, 0.5) is 0 Å². The Balaban J connectivity index is 1.23. The normalized spacial score (nSPS) is 16.2. The highest BCUT2D eigenvalue weighted by Crippen LogP contribution is 2.33. The van der Waals surface area contributed by atoms with Gasteiger partial charge < -0.3 is 9.47 Å². The van der Waals surface area contributed by atoms with Gasteiger partial charge in [0.2, 0.25) is 5.17 Å². The molecule has 0 fully saturated rings. The number of ether oxygens (including phenoxy) is 2. The molecule has 0 atom stereocenters. The summed E-state index contributed by atoms with van der Waals surface area (Å²) in [4.78, 5) is 17.0. The van der Waals surface area contributed by atoms with Crippen molar-refractivity contribution >= 4 is 51.4 Å². The molecule has 0 bridgehead atoms. The van der Waals surface area contributed by atoms with Gasteiger partial charge in [-0.1, -0.05) is 74.8 Å². The molecule has 9 heteroatoms. The zero-order chi connectivity index (χ0) is 27.6. The van der Waals surface area contributed by atoms with Crippen molar-refractivity contribution in [3.8, 4) is 11.5 Å². The van der Waals surface area contributed by atoms with Crippen LogP contribution in [0, 0.1) is 5.41 Å². The van der Waals surface area contributed by atoms with Crippen LogP contribution in [0.3, 0.4) is 0 Å². The lowest BCUT2D eigenvalue weighted by Crippen LogP contribution is -2.35. The first-order valence-corrected chi connectivity index (χ1v) is 13.6. The van der Waals surface area contributed by atoms with Crippen molar-refractivity contribution in [2.75, 3.05) is 13.2 Å². The molecule has 39 heavy (non-hydrogen) atoms. The van der Waals surface area contributed by atoms with E-state index in [-0.39, 0.29) is 16.8 Å². The molecular weight excluding hydrogens is 532 g/mol. The molecular formula is C30H27ClN4O3S. The highest BCUT2D eigenvalue weighted by molar-refractivity contribution is 8.27. The molecule has 2 heterocycles. The van der Waals surface area contributed by atoms with E-state index >= 15 is 0 Å². The van der Waals surface area contributed by atoms with E-state index in [1.807, 2.05) is 54.6 Å². The second-order valence-corrected chi connectivity index (χ2v) is 11.3. The fourth-order valence-corrected chi connectivity index (χ4v) is 5.18. The fraction of sp³-hybridized carbons (Fsp3) is 0.200. The van der Waals surface area contributed by atoms with Crippen molar-refractivity contribution < 1.29 is 14.3 Å². The lowest BCUT2D eigenvalue weighted by atomic mass is 9.87. The summed E-state index contributed by atoms with van der Waals surface area (Å²) < 4.78 is 11.7. The van der Waals surface area contributed by atoms with Crippen molar-refractivity contribution in [2.24, 2.45) is 10.1 Å². The van der Waals surface area contributed by atoms with Gasteiger partial charge in [-0.15, -0.1) is 0 Å². The fourth-order valence-electron chi connectivity index (χ4n) is 3.97. The number of aliphatic imine (C=N–C) groups is 1. The number of halogens is 1. The van der Waals surface area contributed by atoms with Crippen molar-refractivity contribution in [1.82, 2.24) is 5.01 Å². The Hall–Kier alpha value is -3.88. The first-order chi connectivity index (χ1) is 18.7. The van der Waals surface area contributed by atoms with Gasteiger partial charge in [0.25, 0.3) is 5.91 Å². The van der Waals surface area contributed by atoms with Crippen molar-refractivity contribution in [1.29, 1.82) is 5.41 Å².